The van der Waals surface area contributed by atoms with Crippen molar-refractivity contribution in [3.63, 3.8) is 0 Å². The van der Waals surface area contributed by atoms with E-state index in [0.717, 1.165) is 10.9 Å². The molecule has 0 fully saturated rings. The molecule has 0 aromatic heterocycles. The Balaban J connectivity index is 2.37. The van der Waals surface area contributed by atoms with Gasteiger partial charge in [-0.1, -0.05) is 47.1 Å². The van der Waals surface area contributed by atoms with E-state index in [1.54, 1.807) is 19.2 Å². The molecule has 0 bridgehead atoms. The van der Waals surface area contributed by atoms with Crippen LogP contribution in [0.3, 0.4) is 0 Å². The molecule has 2 aromatic rings. The first kappa shape index (κ1) is 13.8. The summed E-state index contributed by atoms with van der Waals surface area (Å²) in [6.07, 6.45) is 0.968. The van der Waals surface area contributed by atoms with Crippen LogP contribution in [-0.4, -0.2) is 12.9 Å². The average molecular weight is 319 g/mol. The standard InChI is InChI=1S/C16H15BrO2/c1-3-11-4-6-12(7-5-11)16(18)14-9-8-13(17)10-15(14)19-2/h4-10H,3H2,1-2H3. The van der Waals surface area contributed by atoms with Crippen LogP contribution >= 0.6 is 15.9 Å². The topological polar surface area (TPSA) is 26.3 Å². The summed E-state index contributed by atoms with van der Waals surface area (Å²) < 4.78 is 6.15. The van der Waals surface area contributed by atoms with Crippen LogP contribution in [0.25, 0.3) is 0 Å². The molecule has 0 amide bonds. The quantitative estimate of drug-likeness (QED) is 0.788. The lowest BCUT2D eigenvalue weighted by atomic mass is 10.0. The Kier molecular flexibility index (Phi) is 4.38. The van der Waals surface area contributed by atoms with Gasteiger partial charge in [0, 0.05) is 10.0 Å². The highest BCUT2D eigenvalue weighted by Gasteiger charge is 2.14. The zero-order valence-electron chi connectivity index (χ0n) is 10.9. The van der Waals surface area contributed by atoms with E-state index in [9.17, 15) is 4.79 Å². The lowest BCUT2D eigenvalue weighted by molar-refractivity contribution is 0.103. The van der Waals surface area contributed by atoms with Gasteiger partial charge in [-0.05, 0) is 30.2 Å². The van der Waals surface area contributed by atoms with Crippen LogP contribution in [0.2, 0.25) is 0 Å². The van der Waals surface area contributed by atoms with E-state index < -0.39 is 0 Å². The van der Waals surface area contributed by atoms with E-state index in [0.29, 0.717) is 16.9 Å². The SMILES string of the molecule is CCc1ccc(C(=O)c2ccc(Br)cc2OC)cc1. The molecular formula is C16H15BrO2. The predicted molar refractivity (Wildman–Crippen MR) is 79.9 cm³/mol. The van der Waals surface area contributed by atoms with Crippen LogP contribution in [0.5, 0.6) is 5.75 Å². The minimum absolute atomic E-state index is 0.0213. The van der Waals surface area contributed by atoms with Gasteiger partial charge in [0.05, 0.1) is 12.7 Å². The number of carbonyl (C=O) groups is 1. The van der Waals surface area contributed by atoms with Crippen molar-refractivity contribution < 1.29 is 9.53 Å². The minimum atomic E-state index is -0.0213. The highest BCUT2D eigenvalue weighted by atomic mass is 79.9. The third-order valence-electron chi connectivity index (χ3n) is 3.03. The fraction of sp³-hybridized carbons (Fsp3) is 0.188. The van der Waals surface area contributed by atoms with Gasteiger partial charge in [0.25, 0.3) is 0 Å². The van der Waals surface area contributed by atoms with Crippen molar-refractivity contribution in [3.05, 3.63) is 63.6 Å². The number of halogens is 1. The van der Waals surface area contributed by atoms with Crippen LogP contribution in [-0.2, 0) is 6.42 Å². The lowest BCUT2D eigenvalue weighted by Gasteiger charge is -2.08. The van der Waals surface area contributed by atoms with Crippen molar-refractivity contribution in [1.82, 2.24) is 0 Å². The summed E-state index contributed by atoms with van der Waals surface area (Å²) in [5.74, 6) is 0.561. The first-order valence-electron chi connectivity index (χ1n) is 6.13. The molecule has 2 nitrogen and oxygen atoms in total. The Bertz CT molecular complexity index is 588. The van der Waals surface area contributed by atoms with E-state index >= 15 is 0 Å². The molecule has 19 heavy (non-hydrogen) atoms. The van der Waals surface area contributed by atoms with Gasteiger partial charge in [0.2, 0.25) is 0 Å². The summed E-state index contributed by atoms with van der Waals surface area (Å²) in [5.41, 5.74) is 2.48. The number of carbonyl (C=O) groups excluding carboxylic acids is 1. The number of rotatable bonds is 4. The molecule has 0 aliphatic heterocycles. The molecular weight excluding hydrogens is 304 g/mol. The van der Waals surface area contributed by atoms with Crippen LogP contribution in [0.1, 0.15) is 28.4 Å². The van der Waals surface area contributed by atoms with Crippen molar-refractivity contribution >= 4 is 21.7 Å². The Hall–Kier alpha value is -1.61. The fourth-order valence-electron chi connectivity index (χ4n) is 1.90. The summed E-state index contributed by atoms with van der Waals surface area (Å²) in [6.45, 7) is 2.09. The van der Waals surface area contributed by atoms with E-state index in [1.165, 1.54) is 5.56 Å². The minimum Gasteiger partial charge on any atom is -0.496 e. The number of benzene rings is 2. The number of hydrogen-bond acceptors (Lipinski definition) is 2. The maximum atomic E-state index is 12.4. The van der Waals surface area contributed by atoms with E-state index in [2.05, 4.69) is 22.9 Å². The number of ether oxygens (including phenoxy) is 1. The summed E-state index contributed by atoms with van der Waals surface area (Å²) in [7, 11) is 1.57. The molecule has 2 aromatic carbocycles. The van der Waals surface area contributed by atoms with Crippen molar-refractivity contribution in [2.45, 2.75) is 13.3 Å². The highest BCUT2D eigenvalue weighted by Crippen LogP contribution is 2.25. The Labute approximate surface area is 121 Å². The summed E-state index contributed by atoms with van der Waals surface area (Å²) in [6, 6.07) is 13.1. The molecule has 0 aliphatic carbocycles. The van der Waals surface area contributed by atoms with E-state index in [1.807, 2.05) is 30.3 Å². The zero-order valence-corrected chi connectivity index (χ0v) is 12.5. The Morgan fingerprint density at radius 3 is 2.42 bits per heavy atom. The maximum Gasteiger partial charge on any atom is 0.196 e. The summed E-state index contributed by atoms with van der Waals surface area (Å²) >= 11 is 3.37. The first-order chi connectivity index (χ1) is 9.15. The number of hydrogen-bond donors (Lipinski definition) is 0. The zero-order chi connectivity index (χ0) is 13.8. The van der Waals surface area contributed by atoms with Crippen molar-refractivity contribution in [2.24, 2.45) is 0 Å². The van der Waals surface area contributed by atoms with Gasteiger partial charge < -0.3 is 4.74 Å². The van der Waals surface area contributed by atoms with E-state index in [4.69, 9.17) is 4.74 Å². The number of aryl methyl sites for hydroxylation is 1. The second kappa shape index (κ2) is 6.02. The molecule has 0 atom stereocenters. The van der Waals surface area contributed by atoms with Crippen molar-refractivity contribution in [2.75, 3.05) is 7.11 Å². The van der Waals surface area contributed by atoms with Crippen LogP contribution in [0, 0.1) is 0 Å². The van der Waals surface area contributed by atoms with Crippen LogP contribution < -0.4 is 4.74 Å². The van der Waals surface area contributed by atoms with Gasteiger partial charge in [-0.15, -0.1) is 0 Å². The van der Waals surface area contributed by atoms with Crippen molar-refractivity contribution in [3.8, 4) is 5.75 Å². The number of ketones is 1. The average Bonchev–Trinajstić information content (AvgIpc) is 2.46. The largest absolute Gasteiger partial charge is 0.496 e. The van der Waals surface area contributed by atoms with Crippen molar-refractivity contribution in [1.29, 1.82) is 0 Å². The Morgan fingerprint density at radius 1 is 1.16 bits per heavy atom. The number of methoxy groups -OCH3 is 1. The second-order valence-electron chi connectivity index (χ2n) is 4.22. The molecule has 0 radical (unpaired) electrons. The molecule has 0 saturated heterocycles. The molecule has 0 N–H and O–H groups in total. The molecule has 0 saturated carbocycles. The third kappa shape index (κ3) is 3.04. The molecule has 0 heterocycles. The van der Waals surface area contributed by atoms with Gasteiger partial charge in [-0.25, -0.2) is 0 Å². The second-order valence-corrected chi connectivity index (χ2v) is 5.14. The molecule has 3 heteroatoms. The van der Waals surface area contributed by atoms with Gasteiger partial charge in [-0.3, -0.25) is 4.79 Å². The first-order valence-corrected chi connectivity index (χ1v) is 6.92. The molecule has 0 spiro atoms. The molecule has 0 unspecified atom stereocenters. The van der Waals surface area contributed by atoms with Crippen LogP contribution in [0.15, 0.2) is 46.9 Å². The third-order valence-corrected chi connectivity index (χ3v) is 3.53. The highest BCUT2D eigenvalue weighted by molar-refractivity contribution is 9.10. The summed E-state index contributed by atoms with van der Waals surface area (Å²) in [4.78, 5) is 12.4. The lowest BCUT2D eigenvalue weighted by Crippen LogP contribution is -2.04. The normalized spacial score (nSPS) is 10.3. The predicted octanol–water partition coefficient (Wildman–Crippen LogP) is 4.25. The van der Waals surface area contributed by atoms with Crippen LogP contribution in [0.4, 0.5) is 0 Å². The summed E-state index contributed by atoms with van der Waals surface area (Å²) in [5, 5.41) is 0. The molecule has 2 rings (SSSR count). The molecule has 0 aliphatic rings. The molecule has 98 valence electrons. The van der Waals surface area contributed by atoms with Gasteiger partial charge >= 0.3 is 0 Å². The van der Waals surface area contributed by atoms with Gasteiger partial charge in [0.1, 0.15) is 5.75 Å². The fourth-order valence-corrected chi connectivity index (χ4v) is 2.24. The van der Waals surface area contributed by atoms with Gasteiger partial charge in [0.15, 0.2) is 5.78 Å². The van der Waals surface area contributed by atoms with E-state index in [-0.39, 0.29) is 5.78 Å². The Morgan fingerprint density at radius 2 is 1.84 bits per heavy atom. The monoisotopic (exact) mass is 318 g/mol. The van der Waals surface area contributed by atoms with Gasteiger partial charge in [-0.2, -0.15) is 0 Å². The smallest absolute Gasteiger partial charge is 0.196 e. The maximum absolute atomic E-state index is 12.4.